The zero-order valence-corrected chi connectivity index (χ0v) is 10.1. The lowest BCUT2D eigenvalue weighted by molar-refractivity contribution is -0.0991. The van der Waals surface area contributed by atoms with Crippen molar-refractivity contribution in [2.75, 3.05) is 19.8 Å². The van der Waals surface area contributed by atoms with Crippen LogP contribution in [0.15, 0.2) is 10.5 Å². The van der Waals surface area contributed by atoms with E-state index in [-0.39, 0.29) is 11.2 Å². The predicted octanol–water partition coefficient (Wildman–Crippen LogP) is 1.41. The highest BCUT2D eigenvalue weighted by Gasteiger charge is 2.32. The first kappa shape index (κ1) is 12.1. The fourth-order valence-corrected chi connectivity index (χ4v) is 1.85. The van der Waals surface area contributed by atoms with Crippen molar-refractivity contribution in [3.8, 4) is 0 Å². The Hall–Kier alpha value is -1.33. The summed E-state index contributed by atoms with van der Waals surface area (Å²) in [6, 6.07) is 1.57. The molecule has 2 N–H and O–H groups in total. The number of ether oxygens (including phenoxy) is 1. The summed E-state index contributed by atoms with van der Waals surface area (Å²) in [7, 11) is 0. The van der Waals surface area contributed by atoms with Crippen LogP contribution >= 0.6 is 0 Å². The topological polar surface area (TPSA) is 71.7 Å². The summed E-state index contributed by atoms with van der Waals surface area (Å²) in [5.41, 5.74) is 1.11. The van der Waals surface area contributed by atoms with Crippen LogP contribution in [0, 0.1) is 12.3 Å². The van der Waals surface area contributed by atoms with Crippen LogP contribution in [0.4, 0.5) is 0 Å². The van der Waals surface area contributed by atoms with Gasteiger partial charge in [0.1, 0.15) is 5.76 Å². The van der Waals surface area contributed by atoms with Crippen LogP contribution in [0.2, 0.25) is 0 Å². The summed E-state index contributed by atoms with van der Waals surface area (Å²) in [4.78, 5) is 10.7. The van der Waals surface area contributed by atoms with E-state index in [0.29, 0.717) is 12.3 Å². The van der Waals surface area contributed by atoms with Gasteiger partial charge >= 0.3 is 5.97 Å². The Balaban J connectivity index is 1.88. The molecule has 1 aliphatic rings. The maximum Gasteiger partial charge on any atom is 0.371 e. The second-order valence-corrected chi connectivity index (χ2v) is 4.90. The molecule has 5 nitrogen and oxygen atoms in total. The summed E-state index contributed by atoms with van der Waals surface area (Å²) in [5, 5.41) is 12.1. The van der Waals surface area contributed by atoms with Crippen molar-refractivity contribution in [2.45, 2.75) is 20.4 Å². The minimum Gasteiger partial charge on any atom is -0.475 e. The first-order chi connectivity index (χ1) is 8.00. The van der Waals surface area contributed by atoms with Gasteiger partial charge in [0.15, 0.2) is 0 Å². The molecule has 0 spiro atoms. The fraction of sp³-hybridized carbons (Fsp3) is 0.583. The van der Waals surface area contributed by atoms with Crippen LogP contribution in [0.1, 0.15) is 28.8 Å². The Kier molecular flexibility index (Phi) is 3.22. The Morgan fingerprint density at radius 1 is 1.59 bits per heavy atom. The molecule has 2 heterocycles. The van der Waals surface area contributed by atoms with Gasteiger partial charge in [-0.2, -0.15) is 0 Å². The van der Waals surface area contributed by atoms with E-state index >= 15 is 0 Å². The van der Waals surface area contributed by atoms with Crippen LogP contribution in [-0.4, -0.2) is 30.8 Å². The number of furan rings is 1. The van der Waals surface area contributed by atoms with Crippen molar-refractivity contribution in [3.63, 3.8) is 0 Å². The van der Waals surface area contributed by atoms with Gasteiger partial charge in [0.05, 0.1) is 13.2 Å². The molecule has 0 saturated carbocycles. The molecule has 0 aromatic carbocycles. The van der Waals surface area contributed by atoms with Crippen molar-refractivity contribution in [1.82, 2.24) is 5.32 Å². The minimum absolute atomic E-state index is 0.00232. The normalized spacial score (nSPS) is 17.8. The SMILES string of the molecule is Cc1oc(C(=O)O)cc1CNCC1(C)COC1. The molecular formula is C12H17NO4. The van der Waals surface area contributed by atoms with E-state index in [1.165, 1.54) is 0 Å². The molecule has 0 aliphatic carbocycles. The average molecular weight is 239 g/mol. The number of carboxylic acid groups (broad SMARTS) is 1. The van der Waals surface area contributed by atoms with E-state index in [2.05, 4.69) is 12.2 Å². The van der Waals surface area contributed by atoms with Crippen LogP contribution in [0.3, 0.4) is 0 Å². The van der Waals surface area contributed by atoms with E-state index in [1.54, 1.807) is 13.0 Å². The van der Waals surface area contributed by atoms with E-state index < -0.39 is 5.97 Å². The average Bonchev–Trinajstić information content (AvgIpc) is 2.58. The van der Waals surface area contributed by atoms with Gasteiger partial charge in [-0.3, -0.25) is 0 Å². The van der Waals surface area contributed by atoms with Crippen molar-refractivity contribution >= 4 is 5.97 Å². The van der Waals surface area contributed by atoms with Crippen molar-refractivity contribution in [2.24, 2.45) is 5.41 Å². The van der Waals surface area contributed by atoms with E-state index in [0.717, 1.165) is 25.3 Å². The monoisotopic (exact) mass is 239 g/mol. The largest absolute Gasteiger partial charge is 0.475 e. The van der Waals surface area contributed by atoms with Gasteiger partial charge in [-0.1, -0.05) is 6.92 Å². The molecule has 0 atom stereocenters. The van der Waals surface area contributed by atoms with Crippen LogP contribution < -0.4 is 5.32 Å². The predicted molar refractivity (Wildman–Crippen MR) is 61.0 cm³/mol. The van der Waals surface area contributed by atoms with Crippen LogP contribution in [-0.2, 0) is 11.3 Å². The zero-order chi connectivity index (χ0) is 12.5. The third-order valence-corrected chi connectivity index (χ3v) is 3.00. The second-order valence-electron chi connectivity index (χ2n) is 4.90. The molecule has 94 valence electrons. The van der Waals surface area contributed by atoms with Crippen molar-refractivity contribution in [3.05, 3.63) is 23.2 Å². The highest BCUT2D eigenvalue weighted by atomic mass is 16.5. The molecule has 17 heavy (non-hydrogen) atoms. The number of rotatable bonds is 5. The first-order valence-corrected chi connectivity index (χ1v) is 5.61. The van der Waals surface area contributed by atoms with E-state index in [9.17, 15) is 4.79 Å². The lowest BCUT2D eigenvalue weighted by atomic mass is 9.89. The summed E-state index contributed by atoms with van der Waals surface area (Å²) in [6.07, 6.45) is 0. The highest BCUT2D eigenvalue weighted by Crippen LogP contribution is 2.25. The Morgan fingerprint density at radius 3 is 2.76 bits per heavy atom. The molecule has 1 saturated heterocycles. The molecule has 1 aromatic rings. The van der Waals surface area contributed by atoms with Gasteiger partial charge in [-0.05, 0) is 13.0 Å². The number of carbonyl (C=O) groups is 1. The summed E-state index contributed by atoms with van der Waals surface area (Å²) < 4.78 is 10.3. The van der Waals surface area contributed by atoms with Gasteiger partial charge in [-0.25, -0.2) is 4.79 Å². The molecule has 0 radical (unpaired) electrons. The number of hydrogen-bond acceptors (Lipinski definition) is 4. The molecule has 2 rings (SSSR count). The molecule has 1 fully saturated rings. The molecular weight excluding hydrogens is 222 g/mol. The van der Waals surface area contributed by atoms with E-state index in [4.69, 9.17) is 14.3 Å². The lowest BCUT2D eigenvalue weighted by Crippen LogP contribution is -2.47. The smallest absolute Gasteiger partial charge is 0.371 e. The molecule has 1 aliphatic heterocycles. The van der Waals surface area contributed by atoms with E-state index in [1.807, 2.05) is 0 Å². The maximum absolute atomic E-state index is 10.7. The quantitative estimate of drug-likeness (QED) is 0.813. The lowest BCUT2D eigenvalue weighted by Gasteiger charge is -2.38. The molecule has 0 unspecified atom stereocenters. The molecule has 1 aromatic heterocycles. The maximum atomic E-state index is 10.7. The van der Waals surface area contributed by atoms with Crippen molar-refractivity contribution in [1.29, 1.82) is 0 Å². The van der Waals surface area contributed by atoms with Gasteiger partial charge in [0.2, 0.25) is 5.76 Å². The highest BCUT2D eigenvalue weighted by molar-refractivity contribution is 5.84. The number of nitrogens with one attached hydrogen (secondary N) is 1. The minimum atomic E-state index is -1.03. The number of aromatic carboxylic acids is 1. The molecule has 5 heteroatoms. The Labute approximate surface area is 99.8 Å². The van der Waals surface area contributed by atoms with Gasteiger partial charge < -0.3 is 19.6 Å². The van der Waals surface area contributed by atoms with Crippen LogP contribution in [0.25, 0.3) is 0 Å². The summed E-state index contributed by atoms with van der Waals surface area (Å²) in [5.74, 6) is -0.374. The van der Waals surface area contributed by atoms with Gasteiger partial charge in [-0.15, -0.1) is 0 Å². The third-order valence-electron chi connectivity index (χ3n) is 3.00. The number of hydrogen-bond donors (Lipinski definition) is 2. The summed E-state index contributed by atoms with van der Waals surface area (Å²) in [6.45, 7) is 6.99. The molecule has 0 amide bonds. The van der Waals surface area contributed by atoms with Crippen molar-refractivity contribution < 1.29 is 19.1 Å². The second kappa shape index (κ2) is 4.50. The van der Waals surface area contributed by atoms with Crippen LogP contribution in [0.5, 0.6) is 0 Å². The standard InChI is InChI=1S/C12H17NO4/c1-8-9(3-10(17-8)11(14)15)4-13-5-12(2)6-16-7-12/h3,13H,4-7H2,1-2H3,(H,14,15). The first-order valence-electron chi connectivity index (χ1n) is 5.61. The van der Waals surface area contributed by atoms with Gasteiger partial charge in [0.25, 0.3) is 0 Å². The Bertz CT molecular complexity index is 420. The zero-order valence-electron chi connectivity index (χ0n) is 10.1. The number of carboxylic acids is 1. The third kappa shape index (κ3) is 2.68. The fourth-order valence-electron chi connectivity index (χ4n) is 1.85. The molecule has 0 bridgehead atoms. The van der Waals surface area contributed by atoms with Gasteiger partial charge in [0, 0.05) is 24.1 Å². The Morgan fingerprint density at radius 2 is 2.29 bits per heavy atom. The summed E-state index contributed by atoms with van der Waals surface area (Å²) >= 11 is 0. The number of aryl methyl sites for hydroxylation is 1.